The average Bonchev–Trinajstić information content (AvgIpc) is 2.06. The number of alkyl halides is 3. The van der Waals surface area contributed by atoms with Crippen LogP contribution in [0.2, 0.25) is 0 Å². The summed E-state index contributed by atoms with van der Waals surface area (Å²) in [6, 6.07) is 2.13. The Hall–Kier alpha value is -1.41. The molecule has 0 aromatic heterocycles. The molecule has 0 spiro atoms. The van der Waals surface area contributed by atoms with Crippen LogP contribution in [0.25, 0.3) is 0 Å². The number of benzene rings is 1. The first-order valence-corrected chi connectivity index (χ1v) is 3.67. The maximum Gasteiger partial charge on any atom is 0.707 e. The first-order valence-electron chi connectivity index (χ1n) is 4.17. The van der Waals surface area contributed by atoms with Gasteiger partial charge in [-0.2, -0.15) is 0 Å². The normalized spacial score (nSPS) is 11.9. The smallest absolute Gasteiger partial charge is 0.512 e. The fourth-order valence-electron chi connectivity index (χ4n) is 0.780. The van der Waals surface area contributed by atoms with Crippen molar-refractivity contribution in [3.63, 3.8) is 0 Å². The van der Waals surface area contributed by atoms with Crippen LogP contribution in [0.3, 0.4) is 0 Å². The molecular weight excluding hydrogens is 216 g/mol. The van der Waals surface area contributed by atoms with Crippen LogP contribution in [-0.2, 0) is 0 Å². The minimum Gasteiger partial charge on any atom is -0.512 e. The molecule has 1 aromatic rings. The van der Waals surface area contributed by atoms with E-state index in [1.165, 1.54) is 0 Å². The van der Waals surface area contributed by atoms with Crippen LogP contribution in [0.15, 0.2) is 24.2 Å². The number of hydrogen-bond donors (Lipinski definition) is 2. The Morgan fingerprint density at radius 1 is 1.20 bits per heavy atom. The molecular formula is C7H6BF3O4. The highest BCUT2D eigenvalue weighted by atomic mass is 19.4. The second-order valence-electron chi connectivity index (χ2n) is 2.38. The van der Waals surface area contributed by atoms with Gasteiger partial charge in [-0.3, -0.25) is 0 Å². The highest BCUT2D eigenvalue weighted by Crippen LogP contribution is 2.24. The summed E-state index contributed by atoms with van der Waals surface area (Å²) in [6.07, 6.45) is -4.84. The number of hydrogen-bond acceptors (Lipinski definition) is 4. The predicted octanol–water partition coefficient (Wildman–Crippen LogP) is 0.933. The van der Waals surface area contributed by atoms with Crippen LogP contribution < -0.4 is 9.39 Å². The van der Waals surface area contributed by atoms with Crippen molar-refractivity contribution in [3.05, 3.63) is 24.2 Å². The standard InChI is InChI=1S/C7H6BF3O4/c9-7(10,11)14-5-1-3-6(4-2-5)15-8(12)13/h1-4,12-13H/i3D. The van der Waals surface area contributed by atoms with Gasteiger partial charge in [0.05, 0.1) is 1.37 Å². The lowest BCUT2D eigenvalue weighted by Crippen LogP contribution is -2.20. The summed E-state index contributed by atoms with van der Waals surface area (Å²) in [4.78, 5) is 0. The third-order valence-corrected chi connectivity index (χ3v) is 1.22. The minimum atomic E-state index is -4.84. The summed E-state index contributed by atoms with van der Waals surface area (Å²) in [6.45, 7) is 0. The zero-order valence-corrected chi connectivity index (χ0v) is 7.15. The summed E-state index contributed by atoms with van der Waals surface area (Å²) in [5, 5.41) is 16.8. The van der Waals surface area contributed by atoms with Gasteiger partial charge in [-0.15, -0.1) is 13.2 Å². The van der Waals surface area contributed by atoms with E-state index in [4.69, 9.17) is 11.4 Å². The van der Waals surface area contributed by atoms with Gasteiger partial charge in [-0.1, -0.05) is 0 Å². The lowest BCUT2D eigenvalue weighted by atomic mass is 10.2. The molecule has 0 aliphatic carbocycles. The van der Waals surface area contributed by atoms with Gasteiger partial charge in [0.15, 0.2) is 0 Å². The van der Waals surface area contributed by atoms with E-state index in [-0.39, 0.29) is 5.75 Å². The molecule has 8 heteroatoms. The summed E-state index contributed by atoms with van der Waals surface area (Å²) in [5.41, 5.74) is 0. The Morgan fingerprint density at radius 2 is 1.80 bits per heavy atom. The maximum absolute atomic E-state index is 11.8. The molecule has 0 fully saturated rings. The second kappa shape index (κ2) is 4.41. The molecule has 0 bridgehead atoms. The monoisotopic (exact) mass is 223 g/mol. The van der Waals surface area contributed by atoms with E-state index < -0.39 is 25.5 Å². The molecule has 0 unspecified atom stereocenters. The fraction of sp³-hybridized carbons (Fsp3) is 0.143. The summed E-state index contributed by atoms with van der Waals surface area (Å²) in [7, 11) is -2.14. The Bertz CT molecular complexity index is 371. The van der Waals surface area contributed by atoms with Crippen molar-refractivity contribution in [2.45, 2.75) is 6.36 Å². The summed E-state index contributed by atoms with van der Waals surface area (Å²) >= 11 is 0. The number of halogens is 3. The van der Waals surface area contributed by atoms with Crippen molar-refractivity contribution in [2.24, 2.45) is 0 Å². The van der Waals surface area contributed by atoms with E-state index in [9.17, 15) is 13.2 Å². The maximum atomic E-state index is 11.8. The third-order valence-electron chi connectivity index (χ3n) is 1.22. The number of ether oxygens (including phenoxy) is 1. The van der Waals surface area contributed by atoms with Gasteiger partial charge >= 0.3 is 13.7 Å². The molecule has 0 aliphatic rings. The predicted molar refractivity (Wildman–Crippen MR) is 43.9 cm³/mol. The van der Waals surface area contributed by atoms with Crippen LogP contribution in [0.1, 0.15) is 1.37 Å². The van der Waals surface area contributed by atoms with Crippen molar-refractivity contribution >= 4 is 7.32 Å². The van der Waals surface area contributed by atoms with Crippen molar-refractivity contribution in [2.75, 3.05) is 0 Å². The molecule has 1 rings (SSSR count). The third kappa shape index (κ3) is 4.57. The van der Waals surface area contributed by atoms with Gasteiger partial charge in [-0.25, -0.2) is 0 Å². The average molecular weight is 223 g/mol. The first-order chi connectivity index (χ1) is 7.28. The molecule has 82 valence electrons. The lowest BCUT2D eigenvalue weighted by Gasteiger charge is -2.09. The fourth-order valence-corrected chi connectivity index (χ4v) is 0.780. The SMILES string of the molecule is [2H]c1cc(OC(F)(F)F)ccc1OB(O)O. The van der Waals surface area contributed by atoms with Gasteiger partial charge in [-0.05, 0) is 24.2 Å². The Balaban J connectivity index is 2.83. The zero-order chi connectivity index (χ0) is 12.3. The van der Waals surface area contributed by atoms with E-state index in [1.807, 2.05) is 0 Å². The minimum absolute atomic E-state index is 0.274. The quantitative estimate of drug-likeness (QED) is 0.748. The van der Waals surface area contributed by atoms with Crippen LogP contribution in [-0.4, -0.2) is 23.7 Å². The van der Waals surface area contributed by atoms with E-state index in [0.29, 0.717) is 0 Å². The molecule has 0 saturated carbocycles. The second-order valence-corrected chi connectivity index (χ2v) is 2.38. The Labute approximate surface area is 84.4 Å². The van der Waals surface area contributed by atoms with Gasteiger partial charge in [0.2, 0.25) is 0 Å². The highest BCUT2D eigenvalue weighted by Gasteiger charge is 2.31. The molecule has 0 atom stereocenters. The molecule has 0 amide bonds. The topological polar surface area (TPSA) is 58.9 Å². The van der Waals surface area contributed by atoms with E-state index in [0.717, 1.165) is 18.2 Å². The van der Waals surface area contributed by atoms with Crippen molar-refractivity contribution in [3.8, 4) is 11.5 Å². The first kappa shape index (κ1) is 10.1. The summed E-state index contributed by atoms with van der Waals surface area (Å²) in [5.74, 6) is -0.859. The largest absolute Gasteiger partial charge is 0.707 e. The molecule has 0 heterocycles. The van der Waals surface area contributed by atoms with E-state index in [2.05, 4.69) is 9.39 Å². The van der Waals surface area contributed by atoms with Crippen molar-refractivity contribution < 1.29 is 34.0 Å². The summed E-state index contributed by atoms with van der Waals surface area (Å²) < 4.78 is 50.4. The van der Waals surface area contributed by atoms with Crippen molar-refractivity contribution in [1.82, 2.24) is 0 Å². The molecule has 4 nitrogen and oxygen atoms in total. The van der Waals surface area contributed by atoms with Gasteiger partial charge in [0, 0.05) is 0 Å². The zero-order valence-electron chi connectivity index (χ0n) is 8.15. The Kier molecular flexibility index (Phi) is 2.98. The van der Waals surface area contributed by atoms with Crippen LogP contribution in [0.4, 0.5) is 13.2 Å². The molecule has 2 N–H and O–H groups in total. The number of rotatable bonds is 3. The lowest BCUT2D eigenvalue weighted by molar-refractivity contribution is -0.274. The van der Waals surface area contributed by atoms with E-state index >= 15 is 0 Å². The van der Waals surface area contributed by atoms with Crippen LogP contribution in [0, 0.1) is 0 Å². The van der Waals surface area contributed by atoms with Crippen molar-refractivity contribution in [1.29, 1.82) is 0 Å². The molecule has 0 radical (unpaired) electrons. The molecule has 1 aromatic carbocycles. The van der Waals surface area contributed by atoms with Gasteiger partial charge in [0.1, 0.15) is 11.5 Å². The van der Waals surface area contributed by atoms with Gasteiger partial charge < -0.3 is 19.4 Å². The van der Waals surface area contributed by atoms with Gasteiger partial charge in [0.25, 0.3) is 0 Å². The molecule has 0 aliphatic heterocycles. The molecule has 0 saturated heterocycles. The van der Waals surface area contributed by atoms with Crippen LogP contribution >= 0.6 is 0 Å². The Morgan fingerprint density at radius 3 is 2.27 bits per heavy atom. The van der Waals surface area contributed by atoms with Crippen LogP contribution in [0.5, 0.6) is 11.5 Å². The van der Waals surface area contributed by atoms with E-state index in [1.54, 1.807) is 0 Å². The molecule has 15 heavy (non-hydrogen) atoms. The highest BCUT2D eigenvalue weighted by molar-refractivity contribution is 6.33.